The molecule has 1 aromatic heterocycles. The van der Waals surface area contributed by atoms with Crippen molar-refractivity contribution in [2.75, 3.05) is 20.3 Å². The lowest BCUT2D eigenvalue weighted by Crippen LogP contribution is -2.25. The molecular formula is C11H14N2O4. The van der Waals surface area contributed by atoms with Gasteiger partial charge in [0.1, 0.15) is 5.69 Å². The highest BCUT2D eigenvalue weighted by molar-refractivity contribution is 5.96. The van der Waals surface area contributed by atoms with Crippen LogP contribution in [0.25, 0.3) is 0 Å². The largest absolute Gasteiger partial charge is 0.477 e. The molecule has 1 heterocycles. The maximum Gasteiger partial charge on any atom is 0.354 e. The Morgan fingerprint density at radius 2 is 2.29 bits per heavy atom. The van der Waals surface area contributed by atoms with E-state index < -0.39 is 5.97 Å². The van der Waals surface area contributed by atoms with E-state index in [-0.39, 0.29) is 17.2 Å². The predicted octanol–water partition coefficient (Wildman–Crippen LogP) is 0.546. The van der Waals surface area contributed by atoms with Crippen LogP contribution in [0.2, 0.25) is 0 Å². The average molecular weight is 238 g/mol. The lowest BCUT2D eigenvalue weighted by Gasteiger charge is -2.05. The molecule has 6 heteroatoms. The van der Waals surface area contributed by atoms with Crippen molar-refractivity contribution in [1.29, 1.82) is 0 Å². The van der Waals surface area contributed by atoms with E-state index in [0.717, 1.165) is 0 Å². The van der Waals surface area contributed by atoms with Crippen molar-refractivity contribution >= 4 is 11.9 Å². The number of carboxylic acid groups (broad SMARTS) is 1. The first kappa shape index (κ1) is 13.1. The van der Waals surface area contributed by atoms with Crippen LogP contribution in [0, 0.1) is 0 Å². The second-order valence-corrected chi connectivity index (χ2v) is 3.34. The third kappa shape index (κ3) is 4.20. The molecule has 0 fully saturated rings. The standard InChI is InChI=1S/C11H14N2O4/c1-17-6-2-4-13-10(14)8-3-5-12-9(7-8)11(15)16/h3,5,7H,2,4,6H2,1H3,(H,13,14)(H,15,16). The maximum absolute atomic E-state index is 11.6. The van der Waals surface area contributed by atoms with Crippen LogP contribution < -0.4 is 5.32 Å². The Balaban J connectivity index is 2.56. The van der Waals surface area contributed by atoms with Crippen LogP contribution in [0.15, 0.2) is 18.3 Å². The number of nitrogens with zero attached hydrogens (tertiary/aromatic N) is 1. The molecule has 2 N–H and O–H groups in total. The fraction of sp³-hybridized carbons (Fsp3) is 0.364. The Hall–Kier alpha value is -1.95. The van der Waals surface area contributed by atoms with Crippen molar-refractivity contribution in [3.63, 3.8) is 0 Å². The van der Waals surface area contributed by atoms with Crippen LogP contribution in [0.3, 0.4) is 0 Å². The van der Waals surface area contributed by atoms with Crippen molar-refractivity contribution < 1.29 is 19.4 Å². The summed E-state index contributed by atoms with van der Waals surface area (Å²) in [6.45, 7) is 1.05. The summed E-state index contributed by atoms with van der Waals surface area (Å²) in [5, 5.41) is 11.4. The zero-order chi connectivity index (χ0) is 12.7. The molecular weight excluding hydrogens is 224 g/mol. The highest BCUT2D eigenvalue weighted by atomic mass is 16.5. The number of nitrogens with one attached hydrogen (secondary N) is 1. The van der Waals surface area contributed by atoms with Crippen LogP contribution in [-0.4, -0.2) is 42.2 Å². The average Bonchev–Trinajstić information content (AvgIpc) is 2.34. The van der Waals surface area contributed by atoms with Gasteiger partial charge in [-0.15, -0.1) is 0 Å². The summed E-state index contributed by atoms with van der Waals surface area (Å²) < 4.78 is 4.84. The van der Waals surface area contributed by atoms with Crippen molar-refractivity contribution in [2.24, 2.45) is 0 Å². The molecule has 0 spiro atoms. The first-order valence-electron chi connectivity index (χ1n) is 5.11. The number of aromatic carboxylic acids is 1. The SMILES string of the molecule is COCCCNC(=O)c1ccnc(C(=O)O)c1. The molecule has 0 aliphatic carbocycles. The quantitative estimate of drug-likeness (QED) is 0.706. The van der Waals surface area contributed by atoms with Gasteiger partial charge in [-0.2, -0.15) is 0 Å². The number of carbonyl (C=O) groups is 2. The minimum absolute atomic E-state index is 0.144. The van der Waals surface area contributed by atoms with Gasteiger partial charge >= 0.3 is 5.97 Å². The molecule has 1 aromatic rings. The number of carboxylic acids is 1. The van der Waals surface area contributed by atoms with Crippen LogP contribution >= 0.6 is 0 Å². The van der Waals surface area contributed by atoms with E-state index >= 15 is 0 Å². The zero-order valence-electron chi connectivity index (χ0n) is 9.47. The monoisotopic (exact) mass is 238 g/mol. The molecule has 92 valence electrons. The second kappa shape index (κ2) is 6.59. The van der Waals surface area contributed by atoms with Gasteiger partial charge in [0, 0.05) is 32.0 Å². The number of ether oxygens (including phenoxy) is 1. The van der Waals surface area contributed by atoms with Gasteiger partial charge in [0.25, 0.3) is 5.91 Å². The highest BCUT2D eigenvalue weighted by Crippen LogP contribution is 2.01. The number of hydrogen-bond acceptors (Lipinski definition) is 4. The molecule has 0 unspecified atom stereocenters. The van der Waals surface area contributed by atoms with Crippen LogP contribution in [0.5, 0.6) is 0 Å². The Morgan fingerprint density at radius 1 is 1.53 bits per heavy atom. The summed E-state index contributed by atoms with van der Waals surface area (Å²) in [6, 6.07) is 2.71. The third-order valence-corrected chi connectivity index (χ3v) is 2.05. The van der Waals surface area contributed by atoms with Crippen molar-refractivity contribution in [3.05, 3.63) is 29.6 Å². The van der Waals surface area contributed by atoms with Crippen LogP contribution in [0.4, 0.5) is 0 Å². The van der Waals surface area contributed by atoms with Crippen molar-refractivity contribution in [2.45, 2.75) is 6.42 Å². The zero-order valence-corrected chi connectivity index (χ0v) is 9.47. The number of methoxy groups -OCH3 is 1. The van der Waals surface area contributed by atoms with E-state index in [9.17, 15) is 9.59 Å². The number of hydrogen-bond donors (Lipinski definition) is 2. The summed E-state index contributed by atoms with van der Waals surface area (Å²) in [4.78, 5) is 25.9. The van der Waals surface area contributed by atoms with Gasteiger partial charge in [-0.1, -0.05) is 0 Å². The lowest BCUT2D eigenvalue weighted by atomic mass is 10.2. The fourth-order valence-electron chi connectivity index (χ4n) is 1.21. The summed E-state index contributed by atoms with van der Waals surface area (Å²) in [7, 11) is 1.59. The summed E-state index contributed by atoms with van der Waals surface area (Å²) in [5.41, 5.74) is 0.143. The molecule has 0 atom stereocenters. The van der Waals surface area contributed by atoms with Gasteiger partial charge in [0.05, 0.1) is 0 Å². The first-order chi connectivity index (χ1) is 8.15. The van der Waals surface area contributed by atoms with Gasteiger partial charge in [0.2, 0.25) is 0 Å². The van der Waals surface area contributed by atoms with Gasteiger partial charge in [-0.3, -0.25) is 4.79 Å². The first-order valence-corrected chi connectivity index (χ1v) is 5.11. The van der Waals surface area contributed by atoms with Crippen molar-refractivity contribution in [1.82, 2.24) is 10.3 Å². The van der Waals surface area contributed by atoms with Crippen LogP contribution in [-0.2, 0) is 4.74 Å². The fourth-order valence-corrected chi connectivity index (χ4v) is 1.21. The molecule has 0 saturated heterocycles. The van der Waals surface area contributed by atoms with E-state index in [1.165, 1.54) is 18.3 Å². The third-order valence-electron chi connectivity index (χ3n) is 2.05. The molecule has 1 rings (SSSR count). The Labute approximate surface area is 98.6 Å². The van der Waals surface area contributed by atoms with Gasteiger partial charge in [0.15, 0.2) is 0 Å². The van der Waals surface area contributed by atoms with E-state index in [2.05, 4.69) is 10.3 Å². The van der Waals surface area contributed by atoms with E-state index in [4.69, 9.17) is 9.84 Å². The predicted molar refractivity (Wildman–Crippen MR) is 60.0 cm³/mol. The Kier molecular flexibility index (Phi) is 5.09. The Bertz CT molecular complexity index is 406. The highest BCUT2D eigenvalue weighted by Gasteiger charge is 2.09. The molecule has 0 aliphatic rings. The summed E-state index contributed by atoms with van der Waals surface area (Å²) in [6.07, 6.45) is 2.01. The van der Waals surface area contributed by atoms with Gasteiger partial charge in [-0.25, -0.2) is 9.78 Å². The molecule has 6 nitrogen and oxygen atoms in total. The minimum atomic E-state index is -1.15. The topological polar surface area (TPSA) is 88.5 Å². The van der Waals surface area contributed by atoms with Crippen molar-refractivity contribution in [3.8, 4) is 0 Å². The molecule has 0 bridgehead atoms. The summed E-state index contributed by atoms with van der Waals surface area (Å²) in [5.74, 6) is -1.47. The normalized spacial score (nSPS) is 9.94. The molecule has 0 saturated carbocycles. The van der Waals surface area contributed by atoms with Gasteiger partial charge < -0.3 is 15.2 Å². The number of aromatic nitrogens is 1. The molecule has 17 heavy (non-hydrogen) atoms. The number of carbonyl (C=O) groups excluding carboxylic acids is 1. The number of pyridine rings is 1. The maximum atomic E-state index is 11.6. The smallest absolute Gasteiger partial charge is 0.354 e. The van der Waals surface area contributed by atoms with E-state index in [1.807, 2.05) is 0 Å². The molecule has 0 radical (unpaired) electrons. The van der Waals surface area contributed by atoms with E-state index in [1.54, 1.807) is 7.11 Å². The summed E-state index contributed by atoms with van der Waals surface area (Å²) >= 11 is 0. The van der Waals surface area contributed by atoms with Crippen LogP contribution in [0.1, 0.15) is 27.3 Å². The number of amides is 1. The second-order valence-electron chi connectivity index (χ2n) is 3.34. The Morgan fingerprint density at radius 3 is 2.94 bits per heavy atom. The number of rotatable bonds is 6. The lowest BCUT2D eigenvalue weighted by molar-refractivity contribution is 0.0690. The van der Waals surface area contributed by atoms with Gasteiger partial charge in [-0.05, 0) is 18.6 Å². The van der Waals surface area contributed by atoms with E-state index in [0.29, 0.717) is 19.6 Å². The minimum Gasteiger partial charge on any atom is -0.477 e. The molecule has 1 amide bonds. The molecule has 0 aromatic carbocycles. The molecule has 0 aliphatic heterocycles.